The summed E-state index contributed by atoms with van der Waals surface area (Å²) in [5, 5.41) is 2.96. The van der Waals surface area contributed by atoms with E-state index in [0.717, 1.165) is 30.6 Å². The van der Waals surface area contributed by atoms with Gasteiger partial charge in [0.2, 0.25) is 5.91 Å². The number of amides is 2. The Kier molecular flexibility index (Phi) is 8.07. The predicted molar refractivity (Wildman–Crippen MR) is 119 cm³/mol. The number of rotatable bonds is 8. The monoisotopic (exact) mass is 420 g/mol. The molecule has 2 rings (SSSR count). The number of hydrogen-bond donors (Lipinski definition) is 1. The van der Waals surface area contributed by atoms with Crippen molar-refractivity contribution in [3.05, 3.63) is 34.7 Å². The van der Waals surface area contributed by atoms with Gasteiger partial charge >= 0.3 is 0 Å². The molecular formula is C21H28N2O3S2. The van der Waals surface area contributed by atoms with Crippen molar-refractivity contribution in [2.24, 2.45) is 0 Å². The van der Waals surface area contributed by atoms with E-state index in [1.54, 1.807) is 12.0 Å². The van der Waals surface area contributed by atoms with E-state index in [4.69, 9.17) is 17.0 Å². The molecule has 152 valence electrons. The number of unbranched alkanes of at least 4 members (excludes halogenated alkanes) is 2. The van der Waals surface area contributed by atoms with E-state index in [1.165, 1.54) is 11.8 Å². The van der Waals surface area contributed by atoms with Crippen LogP contribution in [0.1, 0.15) is 52.0 Å². The van der Waals surface area contributed by atoms with Gasteiger partial charge < -0.3 is 10.1 Å². The molecule has 1 N–H and O–H groups in total. The van der Waals surface area contributed by atoms with Gasteiger partial charge in [-0.2, -0.15) is 0 Å². The second-order valence-corrected chi connectivity index (χ2v) is 9.39. The van der Waals surface area contributed by atoms with E-state index in [9.17, 15) is 9.59 Å². The van der Waals surface area contributed by atoms with E-state index in [-0.39, 0.29) is 17.4 Å². The number of nitrogens with one attached hydrogen (secondary N) is 1. The molecule has 0 unspecified atom stereocenters. The molecule has 7 heteroatoms. The smallest absolute Gasteiger partial charge is 0.266 e. The van der Waals surface area contributed by atoms with Crippen LogP contribution in [0.3, 0.4) is 0 Å². The summed E-state index contributed by atoms with van der Waals surface area (Å²) < 4.78 is 5.74. The lowest BCUT2D eigenvalue weighted by Crippen LogP contribution is -2.40. The number of methoxy groups -OCH3 is 1. The molecule has 1 aliphatic heterocycles. The maximum absolute atomic E-state index is 12.6. The standard InChI is InChI=1S/C21H28N2O3S2/c1-21(2,3)22-18(24)8-6-5-7-13-23-19(25)17(28-20(23)27)14-15-9-11-16(26-4)12-10-15/h9-12,14H,5-8,13H2,1-4H3,(H,22,24). The minimum Gasteiger partial charge on any atom is -0.497 e. The van der Waals surface area contributed by atoms with Crippen molar-refractivity contribution >= 4 is 46.2 Å². The van der Waals surface area contributed by atoms with Crippen molar-refractivity contribution in [3.63, 3.8) is 0 Å². The van der Waals surface area contributed by atoms with Crippen LogP contribution in [0.4, 0.5) is 0 Å². The summed E-state index contributed by atoms with van der Waals surface area (Å²) in [6.45, 7) is 6.50. The first-order valence-electron chi connectivity index (χ1n) is 9.40. The number of ether oxygens (including phenoxy) is 1. The second-order valence-electron chi connectivity index (χ2n) is 7.72. The summed E-state index contributed by atoms with van der Waals surface area (Å²) in [5.41, 5.74) is 0.737. The zero-order valence-corrected chi connectivity index (χ0v) is 18.5. The maximum Gasteiger partial charge on any atom is 0.266 e. The molecule has 0 aliphatic carbocycles. The minimum atomic E-state index is -0.199. The first kappa shape index (κ1) is 22.4. The second kappa shape index (κ2) is 10.1. The number of carbonyl (C=O) groups is 2. The van der Waals surface area contributed by atoms with Crippen molar-refractivity contribution in [2.45, 2.75) is 52.0 Å². The van der Waals surface area contributed by atoms with Crippen LogP contribution in [0.25, 0.3) is 6.08 Å². The van der Waals surface area contributed by atoms with Gasteiger partial charge in [0, 0.05) is 18.5 Å². The van der Waals surface area contributed by atoms with Crippen molar-refractivity contribution in [1.29, 1.82) is 0 Å². The highest BCUT2D eigenvalue weighted by Gasteiger charge is 2.31. The van der Waals surface area contributed by atoms with Gasteiger partial charge in [-0.3, -0.25) is 14.5 Å². The van der Waals surface area contributed by atoms with Gasteiger partial charge in [0.25, 0.3) is 5.91 Å². The molecule has 0 spiro atoms. The molecule has 5 nitrogen and oxygen atoms in total. The van der Waals surface area contributed by atoms with Gasteiger partial charge in [0.1, 0.15) is 10.1 Å². The van der Waals surface area contributed by atoms with Crippen LogP contribution in [0, 0.1) is 0 Å². The Morgan fingerprint density at radius 2 is 1.89 bits per heavy atom. The fourth-order valence-corrected chi connectivity index (χ4v) is 4.07. The third-order valence-electron chi connectivity index (χ3n) is 4.09. The Labute approximate surface area is 176 Å². The quantitative estimate of drug-likeness (QED) is 0.384. The molecule has 1 aromatic carbocycles. The predicted octanol–water partition coefficient (Wildman–Crippen LogP) is 4.37. The Bertz CT molecular complexity index is 752. The molecule has 0 aromatic heterocycles. The van der Waals surface area contributed by atoms with E-state index in [0.29, 0.717) is 22.2 Å². The summed E-state index contributed by atoms with van der Waals surface area (Å²) >= 11 is 6.71. The molecule has 28 heavy (non-hydrogen) atoms. The summed E-state index contributed by atoms with van der Waals surface area (Å²) in [6.07, 6.45) is 4.87. The normalized spacial score (nSPS) is 16.0. The SMILES string of the molecule is COc1ccc(C=C2SC(=S)N(CCCCCC(=O)NC(C)(C)C)C2=O)cc1. The van der Waals surface area contributed by atoms with Crippen molar-refractivity contribution in [2.75, 3.05) is 13.7 Å². The van der Waals surface area contributed by atoms with Crippen molar-refractivity contribution < 1.29 is 14.3 Å². The number of hydrogen-bond acceptors (Lipinski definition) is 5. The molecule has 1 aliphatic rings. The van der Waals surface area contributed by atoms with Crippen LogP contribution in [-0.2, 0) is 9.59 Å². The molecule has 0 saturated carbocycles. The van der Waals surface area contributed by atoms with Gasteiger partial charge in [-0.1, -0.05) is 42.5 Å². The minimum absolute atomic E-state index is 0.0451. The topological polar surface area (TPSA) is 58.6 Å². The summed E-state index contributed by atoms with van der Waals surface area (Å²) in [4.78, 5) is 26.8. The Morgan fingerprint density at radius 3 is 2.50 bits per heavy atom. The number of nitrogens with zero attached hydrogens (tertiary/aromatic N) is 1. The first-order chi connectivity index (χ1) is 13.2. The lowest BCUT2D eigenvalue weighted by molar-refractivity contribution is -0.123. The highest BCUT2D eigenvalue weighted by molar-refractivity contribution is 8.26. The lowest BCUT2D eigenvalue weighted by Gasteiger charge is -2.20. The average molecular weight is 421 g/mol. The van der Waals surface area contributed by atoms with Crippen LogP contribution < -0.4 is 10.1 Å². The van der Waals surface area contributed by atoms with Crippen molar-refractivity contribution in [3.8, 4) is 5.75 Å². The zero-order valence-electron chi connectivity index (χ0n) is 16.9. The Morgan fingerprint density at radius 1 is 1.21 bits per heavy atom. The lowest BCUT2D eigenvalue weighted by atomic mass is 10.1. The molecule has 2 amide bonds. The molecule has 1 fully saturated rings. The molecule has 0 radical (unpaired) electrons. The average Bonchev–Trinajstić information content (AvgIpc) is 2.87. The molecule has 0 atom stereocenters. The van der Waals surface area contributed by atoms with E-state index in [2.05, 4.69) is 5.32 Å². The van der Waals surface area contributed by atoms with Crippen LogP contribution in [0.5, 0.6) is 5.75 Å². The molecule has 1 saturated heterocycles. The number of benzene rings is 1. The van der Waals surface area contributed by atoms with Gasteiger partial charge in [0.05, 0.1) is 12.0 Å². The number of carbonyl (C=O) groups excluding carboxylic acids is 2. The van der Waals surface area contributed by atoms with Crippen LogP contribution >= 0.6 is 24.0 Å². The third kappa shape index (κ3) is 6.95. The fourth-order valence-electron chi connectivity index (χ4n) is 2.76. The third-order valence-corrected chi connectivity index (χ3v) is 5.46. The fraction of sp³-hybridized carbons (Fsp3) is 0.476. The molecular weight excluding hydrogens is 392 g/mol. The first-order valence-corrected chi connectivity index (χ1v) is 10.6. The van der Waals surface area contributed by atoms with E-state index in [1.807, 2.05) is 51.1 Å². The van der Waals surface area contributed by atoms with Crippen LogP contribution in [0.2, 0.25) is 0 Å². The summed E-state index contributed by atoms with van der Waals surface area (Å²) in [5.74, 6) is 0.803. The van der Waals surface area contributed by atoms with Gasteiger partial charge in [0.15, 0.2) is 0 Å². The Hall–Kier alpha value is -1.86. The highest BCUT2D eigenvalue weighted by Crippen LogP contribution is 2.33. The van der Waals surface area contributed by atoms with Crippen LogP contribution in [0.15, 0.2) is 29.2 Å². The maximum atomic E-state index is 12.6. The number of thioether (sulfide) groups is 1. The molecule has 1 aromatic rings. The largest absolute Gasteiger partial charge is 0.497 e. The van der Waals surface area contributed by atoms with Crippen LogP contribution in [-0.4, -0.2) is 40.2 Å². The van der Waals surface area contributed by atoms with Gasteiger partial charge in [-0.15, -0.1) is 0 Å². The van der Waals surface area contributed by atoms with Crippen molar-refractivity contribution in [1.82, 2.24) is 10.2 Å². The highest BCUT2D eigenvalue weighted by atomic mass is 32.2. The summed E-state index contributed by atoms with van der Waals surface area (Å²) in [7, 11) is 1.62. The van der Waals surface area contributed by atoms with E-state index < -0.39 is 0 Å². The molecule has 0 bridgehead atoms. The van der Waals surface area contributed by atoms with E-state index >= 15 is 0 Å². The summed E-state index contributed by atoms with van der Waals surface area (Å²) in [6, 6.07) is 7.55. The van der Waals surface area contributed by atoms with Gasteiger partial charge in [-0.25, -0.2) is 0 Å². The zero-order chi connectivity index (χ0) is 20.7. The Balaban J connectivity index is 1.80. The van der Waals surface area contributed by atoms with Gasteiger partial charge in [-0.05, 0) is 57.4 Å². The number of thiocarbonyl (C=S) groups is 1. The molecule has 1 heterocycles.